The molecule has 2 unspecified atom stereocenters. The van der Waals surface area contributed by atoms with Gasteiger partial charge >= 0.3 is 0 Å². The van der Waals surface area contributed by atoms with Crippen LogP contribution in [0.25, 0.3) is 11.1 Å². The van der Waals surface area contributed by atoms with Crippen molar-refractivity contribution in [2.75, 3.05) is 0 Å². The molecule has 0 amide bonds. The number of nitrogens with one attached hydrogen (secondary N) is 1. The average Bonchev–Trinajstić information content (AvgIpc) is 3.00. The summed E-state index contributed by atoms with van der Waals surface area (Å²) in [6, 6.07) is 18.3. The summed E-state index contributed by atoms with van der Waals surface area (Å²) >= 11 is 0. The van der Waals surface area contributed by atoms with Crippen LogP contribution < -0.4 is 4.98 Å². The zero-order valence-electron chi connectivity index (χ0n) is 16.3. The molecule has 0 aromatic heterocycles. The van der Waals surface area contributed by atoms with Gasteiger partial charge in [-0.1, -0.05) is 61.6 Å². The summed E-state index contributed by atoms with van der Waals surface area (Å²) in [6.07, 6.45) is 2.69. The van der Waals surface area contributed by atoms with Crippen molar-refractivity contribution in [2.45, 2.75) is 69.6 Å². The molecule has 1 N–H and O–H groups in total. The third kappa shape index (κ3) is 3.00. The minimum Gasteiger partial charge on any atom is -0.332 e. The van der Waals surface area contributed by atoms with Gasteiger partial charge in [0.1, 0.15) is 8.24 Å². The highest BCUT2D eigenvalue weighted by molar-refractivity contribution is 6.76. The first-order valence-electron chi connectivity index (χ1n) is 9.74. The van der Waals surface area contributed by atoms with Gasteiger partial charge in [-0.25, -0.2) is 0 Å². The molecule has 2 atom stereocenters. The van der Waals surface area contributed by atoms with Crippen molar-refractivity contribution in [1.29, 1.82) is 0 Å². The SMILES string of the molecule is CC(C)(C)N[Si](C)(C)C1CC2c3ccccc3-c3ccccc3C2C1. The molecule has 2 heteroatoms. The molecule has 1 saturated carbocycles. The number of fused-ring (bicyclic) bond motifs is 6. The van der Waals surface area contributed by atoms with Gasteiger partial charge in [-0.05, 0) is 73.2 Å². The fourth-order valence-electron chi connectivity index (χ4n) is 5.51. The van der Waals surface area contributed by atoms with Crippen molar-refractivity contribution < 1.29 is 0 Å². The zero-order valence-corrected chi connectivity index (χ0v) is 17.3. The molecule has 0 spiro atoms. The fraction of sp³-hybridized carbons (Fsp3) is 0.478. The molecule has 0 saturated heterocycles. The van der Waals surface area contributed by atoms with Gasteiger partial charge in [0, 0.05) is 5.54 Å². The van der Waals surface area contributed by atoms with Crippen molar-refractivity contribution in [1.82, 2.24) is 4.98 Å². The van der Waals surface area contributed by atoms with Gasteiger partial charge < -0.3 is 4.98 Å². The van der Waals surface area contributed by atoms with Crippen LogP contribution in [0.1, 0.15) is 56.6 Å². The molecule has 1 fully saturated rings. The van der Waals surface area contributed by atoms with E-state index in [0.29, 0.717) is 11.8 Å². The summed E-state index contributed by atoms with van der Waals surface area (Å²) in [7, 11) is -1.49. The Balaban J connectivity index is 1.74. The van der Waals surface area contributed by atoms with Crippen molar-refractivity contribution in [3.8, 4) is 11.1 Å². The van der Waals surface area contributed by atoms with Crippen molar-refractivity contribution in [2.24, 2.45) is 0 Å². The first-order chi connectivity index (χ1) is 11.8. The molecule has 0 radical (unpaired) electrons. The first kappa shape index (κ1) is 17.1. The minimum atomic E-state index is -1.49. The molecule has 25 heavy (non-hydrogen) atoms. The van der Waals surface area contributed by atoms with Gasteiger partial charge in [0.2, 0.25) is 0 Å². The van der Waals surface area contributed by atoms with E-state index in [2.05, 4.69) is 87.4 Å². The van der Waals surface area contributed by atoms with Crippen molar-refractivity contribution in [3.63, 3.8) is 0 Å². The molecular formula is C23H31NSi. The molecule has 2 aliphatic carbocycles. The van der Waals surface area contributed by atoms with Crippen LogP contribution in [0.4, 0.5) is 0 Å². The highest BCUT2D eigenvalue weighted by atomic mass is 28.3. The van der Waals surface area contributed by atoms with E-state index in [1.165, 1.54) is 24.0 Å². The van der Waals surface area contributed by atoms with Crippen LogP contribution in [0.5, 0.6) is 0 Å². The van der Waals surface area contributed by atoms with E-state index in [9.17, 15) is 0 Å². The molecule has 0 bridgehead atoms. The Kier molecular flexibility index (Phi) is 3.97. The second-order valence-electron chi connectivity index (χ2n) is 9.65. The predicted octanol–water partition coefficient (Wildman–Crippen LogP) is 6.29. The van der Waals surface area contributed by atoms with Crippen molar-refractivity contribution in [3.05, 3.63) is 59.7 Å². The van der Waals surface area contributed by atoms with Gasteiger partial charge in [-0.2, -0.15) is 0 Å². The van der Waals surface area contributed by atoms with E-state index < -0.39 is 8.24 Å². The summed E-state index contributed by atoms with van der Waals surface area (Å²) < 4.78 is 0. The Morgan fingerprint density at radius 2 is 1.24 bits per heavy atom. The standard InChI is InChI=1S/C23H31NSi/c1-23(2,3)24-25(4,5)16-14-21-19-12-8-6-10-17(19)18-11-7-9-13-20(18)22(21)15-16/h6-13,16,21-22,24H,14-15H2,1-5H3. The molecule has 2 aliphatic rings. The van der Waals surface area contributed by atoms with Crippen LogP contribution in [0.15, 0.2) is 48.5 Å². The lowest BCUT2D eigenvalue weighted by atomic mass is 9.73. The third-order valence-corrected chi connectivity index (χ3v) is 10.2. The molecule has 1 nitrogen and oxygen atoms in total. The van der Waals surface area contributed by atoms with Gasteiger partial charge in [0.25, 0.3) is 0 Å². The fourth-order valence-corrected chi connectivity index (χ4v) is 9.34. The van der Waals surface area contributed by atoms with E-state index in [1.807, 2.05) is 0 Å². The molecule has 2 aromatic rings. The van der Waals surface area contributed by atoms with Crippen LogP contribution in [-0.2, 0) is 0 Å². The lowest BCUT2D eigenvalue weighted by molar-refractivity contribution is 0.503. The van der Waals surface area contributed by atoms with Crippen LogP contribution in [-0.4, -0.2) is 13.8 Å². The smallest absolute Gasteiger partial charge is 0.123 e. The van der Waals surface area contributed by atoms with Crippen LogP contribution in [0, 0.1) is 0 Å². The minimum absolute atomic E-state index is 0.208. The number of benzene rings is 2. The van der Waals surface area contributed by atoms with E-state index in [4.69, 9.17) is 0 Å². The zero-order chi connectivity index (χ0) is 17.8. The quantitative estimate of drug-likeness (QED) is 0.628. The maximum atomic E-state index is 4.03. The Labute approximate surface area is 154 Å². The summed E-state index contributed by atoms with van der Waals surface area (Å²) in [5, 5.41) is 0. The van der Waals surface area contributed by atoms with Gasteiger partial charge in [-0.3, -0.25) is 0 Å². The molecule has 2 aromatic carbocycles. The molecule has 0 aliphatic heterocycles. The number of hydrogen-bond donors (Lipinski definition) is 1. The molecule has 132 valence electrons. The largest absolute Gasteiger partial charge is 0.332 e. The monoisotopic (exact) mass is 349 g/mol. The normalized spacial score (nSPS) is 25.2. The van der Waals surface area contributed by atoms with Crippen LogP contribution in [0.2, 0.25) is 18.6 Å². The number of hydrogen-bond acceptors (Lipinski definition) is 1. The summed E-state index contributed by atoms with van der Waals surface area (Å²) in [5.41, 5.74) is 7.18. The Morgan fingerprint density at radius 1 is 0.800 bits per heavy atom. The van der Waals surface area contributed by atoms with E-state index in [-0.39, 0.29) is 5.54 Å². The predicted molar refractivity (Wildman–Crippen MR) is 111 cm³/mol. The Hall–Kier alpha value is -1.38. The second-order valence-corrected chi connectivity index (χ2v) is 14.2. The number of rotatable bonds is 2. The second kappa shape index (κ2) is 5.82. The maximum absolute atomic E-state index is 4.03. The lowest BCUT2D eigenvalue weighted by Gasteiger charge is -2.37. The van der Waals surface area contributed by atoms with Crippen LogP contribution >= 0.6 is 0 Å². The Bertz CT molecular complexity index is 733. The molecule has 0 heterocycles. The Morgan fingerprint density at radius 3 is 1.68 bits per heavy atom. The highest BCUT2D eigenvalue weighted by Crippen LogP contribution is 2.59. The summed E-state index contributed by atoms with van der Waals surface area (Å²) in [6.45, 7) is 12.0. The molecular weight excluding hydrogens is 318 g/mol. The van der Waals surface area contributed by atoms with Gasteiger partial charge in [-0.15, -0.1) is 0 Å². The van der Waals surface area contributed by atoms with Gasteiger partial charge in [0.15, 0.2) is 0 Å². The summed E-state index contributed by atoms with van der Waals surface area (Å²) in [5.74, 6) is 1.40. The lowest BCUT2D eigenvalue weighted by Crippen LogP contribution is -2.56. The van der Waals surface area contributed by atoms with Gasteiger partial charge in [0.05, 0.1) is 0 Å². The topological polar surface area (TPSA) is 12.0 Å². The van der Waals surface area contributed by atoms with Crippen LogP contribution in [0.3, 0.4) is 0 Å². The third-order valence-electron chi connectivity index (χ3n) is 6.29. The molecule has 4 rings (SSSR count). The maximum Gasteiger partial charge on any atom is 0.123 e. The first-order valence-corrected chi connectivity index (χ1v) is 12.8. The van der Waals surface area contributed by atoms with E-state index in [1.54, 1.807) is 11.1 Å². The highest BCUT2D eigenvalue weighted by Gasteiger charge is 2.47. The summed E-state index contributed by atoms with van der Waals surface area (Å²) in [4.78, 5) is 4.03. The van der Waals surface area contributed by atoms with Crippen molar-refractivity contribution >= 4 is 8.24 Å². The average molecular weight is 350 g/mol. The van der Waals surface area contributed by atoms with E-state index in [0.717, 1.165) is 5.54 Å². The van der Waals surface area contributed by atoms with E-state index >= 15 is 0 Å².